The van der Waals surface area contributed by atoms with Crippen LogP contribution in [0.15, 0.2) is 18.2 Å². The van der Waals surface area contributed by atoms with Crippen LogP contribution in [0.1, 0.15) is 26.7 Å². The third kappa shape index (κ3) is 3.60. The van der Waals surface area contributed by atoms with Crippen molar-refractivity contribution in [3.05, 3.63) is 31.9 Å². The van der Waals surface area contributed by atoms with E-state index < -0.39 is 0 Å². The van der Waals surface area contributed by atoms with E-state index >= 15 is 0 Å². The van der Waals surface area contributed by atoms with Crippen molar-refractivity contribution in [3.63, 3.8) is 0 Å². The Morgan fingerprint density at radius 1 is 1.55 bits per heavy atom. The first-order valence-electron chi connectivity index (χ1n) is 6.93. The second-order valence-corrected chi connectivity index (χ2v) is 6.59. The van der Waals surface area contributed by atoms with Gasteiger partial charge in [-0.05, 0) is 68.0 Å². The lowest BCUT2D eigenvalue weighted by Gasteiger charge is -2.31. The summed E-state index contributed by atoms with van der Waals surface area (Å²) in [6.45, 7) is 6.35. The van der Waals surface area contributed by atoms with Crippen molar-refractivity contribution in [1.29, 1.82) is 0 Å². The predicted molar refractivity (Wildman–Crippen MR) is 89.3 cm³/mol. The number of hydrogen-bond donors (Lipinski definition) is 1. The van der Waals surface area contributed by atoms with E-state index in [0.29, 0.717) is 15.7 Å². The number of benzene rings is 1. The first-order valence-corrected chi connectivity index (χ1v) is 8.01. The van der Waals surface area contributed by atoms with Gasteiger partial charge in [-0.15, -0.1) is 0 Å². The summed E-state index contributed by atoms with van der Waals surface area (Å²) in [7, 11) is 0. The van der Waals surface area contributed by atoms with Crippen LogP contribution in [0.3, 0.4) is 0 Å². The van der Waals surface area contributed by atoms with Gasteiger partial charge in [0.05, 0.1) is 8.49 Å². The molecule has 1 saturated heterocycles. The van der Waals surface area contributed by atoms with Crippen LogP contribution in [0.5, 0.6) is 0 Å². The lowest BCUT2D eigenvalue weighted by molar-refractivity contribution is -0.385. The molecule has 1 N–H and O–H groups in total. The summed E-state index contributed by atoms with van der Waals surface area (Å²) in [5.74, 6) is 0. The fourth-order valence-corrected chi connectivity index (χ4v) is 3.28. The molecule has 1 unspecified atom stereocenters. The predicted octanol–water partition coefficient (Wildman–Crippen LogP) is 3.17. The highest BCUT2D eigenvalue weighted by molar-refractivity contribution is 14.1. The zero-order chi connectivity index (χ0) is 14.7. The van der Waals surface area contributed by atoms with Crippen LogP contribution in [-0.2, 0) is 0 Å². The van der Waals surface area contributed by atoms with E-state index in [9.17, 15) is 10.1 Å². The molecule has 0 bridgehead atoms. The van der Waals surface area contributed by atoms with Crippen molar-refractivity contribution in [2.45, 2.75) is 38.8 Å². The minimum atomic E-state index is -0.330. The third-order valence-corrected chi connectivity index (χ3v) is 4.53. The van der Waals surface area contributed by atoms with E-state index in [1.54, 1.807) is 6.07 Å². The first kappa shape index (κ1) is 15.5. The Kier molecular flexibility index (Phi) is 5.20. The second kappa shape index (κ2) is 6.71. The normalized spacial score (nSPS) is 18.5. The average Bonchev–Trinajstić information content (AvgIpc) is 2.87. The van der Waals surface area contributed by atoms with Gasteiger partial charge in [0.25, 0.3) is 5.69 Å². The molecule has 1 fully saturated rings. The molecule has 0 aliphatic carbocycles. The molecule has 6 heteroatoms. The highest BCUT2D eigenvalue weighted by Crippen LogP contribution is 2.28. The van der Waals surface area contributed by atoms with Crippen molar-refractivity contribution >= 4 is 34.0 Å². The number of nitro benzene ring substituents is 1. The second-order valence-electron chi connectivity index (χ2n) is 5.43. The largest absolute Gasteiger partial charge is 0.368 e. The molecule has 1 aliphatic heterocycles. The maximum absolute atomic E-state index is 10.9. The molecule has 1 aromatic rings. The molecule has 2 rings (SSSR count). The molecule has 0 spiro atoms. The van der Waals surface area contributed by atoms with Crippen LogP contribution < -0.4 is 10.2 Å². The Hall–Kier alpha value is -0.890. The van der Waals surface area contributed by atoms with Gasteiger partial charge in [0.2, 0.25) is 0 Å². The fourth-order valence-electron chi connectivity index (χ4n) is 2.59. The number of rotatable bonds is 5. The summed E-state index contributed by atoms with van der Waals surface area (Å²) in [5, 5.41) is 14.4. The minimum Gasteiger partial charge on any atom is -0.368 e. The third-order valence-electron chi connectivity index (χ3n) is 3.66. The smallest absolute Gasteiger partial charge is 0.282 e. The number of halogens is 1. The Labute approximate surface area is 133 Å². The molecule has 0 amide bonds. The van der Waals surface area contributed by atoms with Crippen LogP contribution >= 0.6 is 22.6 Å². The van der Waals surface area contributed by atoms with E-state index in [1.807, 2.05) is 34.7 Å². The van der Waals surface area contributed by atoms with Crippen molar-refractivity contribution in [1.82, 2.24) is 5.32 Å². The van der Waals surface area contributed by atoms with E-state index in [4.69, 9.17) is 0 Å². The Morgan fingerprint density at radius 2 is 2.30 bits per heavy atom. The molecule has 1 heterocycles. The van der Waals surface area contributed by atoms with Gasteiger partial charge in [-0.2, -0.15) is 0 Å². The van der Waals surface area contributed by atoms with Crippen LogP contribution in [-0.4, -0.2) is 30.1 Å². The summed E-state index contributed by atoms with van der Waals surface area (Å²) < 4.78 is 0.690. The van der Waals surface area contributed by atoms with Gasteiger partial charge in [-0.3, -0.25) is 10.1 Å². The highest BCUT2D eigenvalue weighted by Gasteiger charge is 2.21. The SMILES string of the molecule is CC(C)N(CC1CCCN1)c1ccc([N+](=O)[O-])c(I)c1. The summed E-state index contributed by atoms with van der Waals surface area (Å²) in [6, 6.07) is 6.26. The zero-order valence-electron chi connectivity index (χ0n) is 11.8. The van der Waals surface area contributed by atoms with Crippen molar-refractivity contribution < 1.29 is 4.92 Å². The Bertz CT molecular complexity index is 487. The van der Waals surface area contributed by atoms with Crippen molar-refractivity contribution in [2.75, 3.05) is 18.0 Å². The minimum absolute atomic E-state index is 0.178. The van der Waals surface area contributed by atoms with Gasteiger partial charge in [0.1, 0.15) is 0 Å². The van der Waals surface area contributed by atoms with Crippen LogP contribution in [0.2, 0.25) is 0 Å². The van der Waals surface area contributed by atoms with Gasteiger partial charge in [0.15, 0.2) is 0 Å². The molecule has 110 valence electrons. The van der Waals surface area contributed by atoms with Gasteiger partial charge in [0, 0.05) is 30.4 Å². The molecule has 5 nitrogen and oxygen atoms in total. The van der Waals surface area contributed by atoms with E-state index in [-0.39, 0.29) is 10.6 Å². The number of nitrogens with one attached hydrogen (secondary N) is 1. The van der Waals surface area contributed by atoms with E-state index in [1.165, 1.54) is 12.8 Å². The van der Waals surface area contributed by atoms with Crippen molar-refractivity contribution in [3.8, 4) is 0 Å². The van der Waals surface area contributed by atoms with Crippen LogP contribution in [0.4, 0.5) is 11.4 Å². The Balaban J connectivity index is 2.20. The van der Waals surface area contributed by atoms with Gasteiger partial charge >= 0.3 is 0 Å². The standard InChI is InChI=1S/C14H20IN3O2/c1-10(2)17(9-11-4-3-7-16-11)12-5-6-14(18(19)20)13(15)8-12/h5-6,8,10-11,16H,3-4,7,9H2,1-2H3. The number of hydrogen-bond acceptors (Lipinski definition) is 4. The van der Waals surface area contributed by atoms with Crippen LogP contribution in [0.25, 0.3) is 0 Å². The molecular weight excluding hydrogens is 369 g/mol. The van der Waals surface area contributed by atoms with Crippen LogP contribution in [0, 0.1) is 13.7 Å². The molecule has 0 radical (unpaired) electrons. The monoisotopic (exact) mass is 389 g/mol. The average molecular weight is 389 g/mol. The lowest BCUT2D eigenvalue weighted by atomic mass is 10.1. The molecule has 1 aromatic carbocycles. The quantitative estimate of drug-likeness (QED) is 0.478. The number of nitro groups is 1. The molecule has 20 heavy (non-hydrogen) atoms. The van der Waals surface area contributed by atoms with Gasteiger partial charge in [-0.25, -0.2) is 0 Å². The number of anilines is 1. The molecule has 1 atom stereocenters. The number of nitrogens with zero attached hydrogens (tertiary/aromatic N) is 2. The summed E-state index contributed by atoms with van der Waals surface area (Å²) in [5.41, 5.74) is 1.24. The topological polar surface area (TPSA) is 58.4 Å². The van der Waals surface area contributed by atoms with E-state index in [2.05, 4.69) is 24.1 Å². The molecule has 0 saturated carbocycles. The van der Waals surface area contributed by atoms with Gasteiger partial charge < -0.3 is 10.2 Å². The highest BCUT2D eigenvalue weighted by atomic mass is 127. The summed E-state index contributed by atoms with van der Waals surface area (Å²) in [4.78, 5) is 12.9. The molecular formula is C14H20IN3O2. The lowest BCUT2D eigenvalue weighted by Crippen LogP contribution is -2.41. The zero-order valence-corrected chi connectivity index (χ0v) is 14.0. The summed E-state index contributed by atoms with van der Waals surface area (Å²) in [6.07, 6.45) is 2.43. The maximum Gasteiger partial charge on any atom is 0.282 e. The van der Waals surface area contributed by atoms with E-state index in [0.717, 1.165) is 18.8 Å². The molecule has 0 aromatic heterocycles. The summed E-state index contributed by atoms with van der Waals surface area (Å²) >= 11 is 2.04. The van der Waals surface area contributed by atoms with Gasteiger partial charge in [-0.1, -0.05) is 0 Å². The first-order chi connectivity index (χ1) is 9.49. The maximum atomic E-state index is 10.9. The Morgan fingerprint density at radius 3 is 2.80 bits per heavy atom. The fraction of sp³-hybridized carbons (Fsp3) is 0.571. The molecule has 1 aliphatic rings. The van der Waals surface area contributed by atoms with Crippen molar-refractivity contribution in [2.24, 2.45) is 0 Å².